The first kappa shape index (κ1) is 13.8. The lowest BCUT2D eigenvalue weighted by Crippen LogP contribution is -2.23. The van der Waals surface area contributed by atoms with E-state index < -0.39 is 0 Å². The van der Waals surface area contributed by atoms with E-state index in [0.29, 0.717) is 17.9 Å². The molecule has 1 amide bonds. The highest BCUT2D eigenvalue weighted by Crippen LogP contribution is 2.19. The average Bonchev–Trinajstić information content (AvgIpc) is 2.69. The molecule has 0 fully saturated rings. The topological polar surface area (TPSA) is 68.0 Å². The van der Waals surface area contributed by atoms with E-state index in [1.165, 1.54) is 12.3 Å². The molecule has 0 radical (unpaired) electrons. The fourth-order valence-electron chi connectivity index (χ4n) is 1.57. The second-order valence-electron chi connectivity index (χ2n) is 3.98. The highest BCUT2D eigenvalue weighted by molar-refractivity contribution is 6.41. The van der Waals surface area contributed by atoms with Crippen molar-refractivity contribution in [1.82, 2.24) is 15.5 Å². The van der Waals surface area contributed by atoms with Crippen LogP contribution in [0.5, 0.6) is 0 Å². The van der Waals surface area contributed by atoms with Crippen molar-refractivity contribution in [3.63, 3.8) is 0 Å². The van der Waals surface area contributed by atoms with E-state index in [4.69, 9.17) is 27.7 Å². The van der Waals surface area contributed by atoms with Crippen molar-refractivity contribution >= 4 is 29.1 Å². The third-order valence-electron chi connectivity index (χ3n) is 2.67. The van der Waals surface area contributed by atoms with Crippen LogP contribution in [0, 0.1) is 13.8 Å². The molecule has 0 atom stereocenters. The zero-order valence-corrected chi connectivity index (χ0v) is 11.8. The van der Waals surface area contributed by atoms with Crippen LogP contribution in [0.1, 0.15) is 27.4 Å². The standard InChI is InChI=1S/C12H11Cl2N3O2/c1-6-9(7(2)19-17-6)5-16-12(18)8-3-10(13)11(14)15-4-8/h3-4H,5H2,1-2H3,(H,16,18). The minimum Gasteiger partial charge on any atom is -0.361 e. The van der Waals surface area contributed by atoms with Crippen LogP contribution in [0.4, 0.5) is 0 Å². The third kappa shape index (κ3) is 3.05. The summed E-state index contributed by atoms with van der Waals surface area (Å²) in [5.74, 6) is 0.399. The smallest absolute Gasteiger partial charge is 0.253 e. The maximum Gasteiger partial charge on any atom is 0.253 e. The lowest BCUT2D eigenvalue weighted by atomic mass is 10.2. The summed E-state index contributed by atoms with van der Waals surface area (Å²) in [5, 5.41) is 6.98. The van der Waals surface area contributed by atoms with Gasteiger partial charge in [-0.1, -0.05) is 28.4 Å². The van der Waals surface area contributed by atoms with E-state index >= 15 is 0 Å². The van der Waals surface area contributed by atoms with E-state index in [1.807, 2.05) is 6.92 Å². The van der Waals surface area contributed by atoms with Crippen molar-refractivity contribution in [1.29, 1.82) is 0 Å². The number of nitrogens with zero attached hydrogens (tertiary/aromatic N) is 2. The monoisotopic (exact) mass is 299 g/mol. The lowest BCUT2D eigenvalue weighted by molar-refractivity contribution is 0.0950. The summed E-state index contributed by atoms with van der Waals surface area (Å²) in [6, 6.07) is 1.47. The van der Waals surface area contributed by atoms with Gasteiger partial charge in [0, 0.05) is 18.3 Å². The fraction of sp³-hybridized carbons (Fsp3) is 0.250. The van der Waals surface area contributed by atoms with Crippen molar-refractivity contribution in [2.24, 2.45) is 0 Å². The highest BCUT2D eigenvalue weighted by atomic mass is 35.5. The van der Waals surface area contributed by atoms with Gasteiger partial charge in [-0.3, -0.25) is 4.79 Å². The number of halogens is 2. The van der Waals surface area contributed by atoms with Gasteiger partial charge in [0.2, 0.25) is 0 Å². The van der Waals surface area contributed by atoms with Gasteiger partial charge in [0.25, 0.3) is 5.91 Å². The van der Waals surface area contributed by atoms with Crippen LogP contribution >= 0.6 is 23.2 Å². The number of aryl methyl sites for hydroxylation is 2. The predicted octanol–water partition coefficient (Wildman–Crippen LogP) is 2.92. The van der Waals surface area contributed by atoms with Crippen LogP contribution in [0.3, 0.4) is 0 Å². The first-order chi connectivity index (χ1) is 8.99. The van der Waals surface area contributed by atoms with Gasteiger partial charge in [0.05, 0.1) is 16.3 Å². The number of pyridine rings is 1. The summed E-state index contributed by atoms with van der Waals surface area (Å²) in [6.45, 7) is 3.95. The van der Waals surface area contributed by atoms with Gasteiger partial charge in [0.15, 0.2) is 0 Å². The van der Waals surface area contributed by atoms with E-state index in [-0.39, 0.29) is 16.1 Å². The van der Waals surface area contributed by atoms with Crippen LogP contribution in [-0.4, -0.2) is 16.0 Å². The molecule has 0 unspecified atom stereocenters. The van der Waals surface area contributed by atoms with E-state index in [9.17, 15) is 4.79 Å². The Hall–Kier alpha value is -1.59. The van der Waals surface area contributed by atoms with Crippen molar-refractivity contribution in [3.05, 3.63) is 45.0 Å². The molecule has 0 saturated heterocycles. The second kappa shape index (κ2) is 5.59. The molecule has 0 bridgehead atoms. The van der Waals surface area contributed by atoms with Gasteiger partial charge in [-0.2, -0.15) is 0 Å². The molecule has 5 nitrogen and oxygen atoms in total. The third-order valence-corrected chi connectivity index (χ3v) is 3.35. The summed E-state index contributed by atoms with van der Waals surface area (Å²) >= 11 is 11.5. The summed E-state index contributed by atoms with van der Waals surface area (Å²) in [5.41, 5.74) is 1.97. The molecular formula is C12H11Cl2N3O2. The van der Waals surface area contributed by atoms with Crippen LogP contribution in [0.15, 0.2) is 16.8 Å². The Kier molecular flexibility index (Phi) is 4.07. The molecule has 2 heterocycles. The molecule has 2 aromatic heterocycles. The molecular weight excluding hydrogens is 289 g/mol. The highest BCUT2D eigenvalue weighted by Gasteiger charge is 2.12. The Labute approximate surface area is 119 Å². The van der Waals surface area contributed by atoms with Gasteiger partial charge in [-0.25, -0.2) is 4.98 Å². The van der Waals surface area contributed by atoms with Crippen molar-refractivity contribution in [3.8, 4) is 0 Å². The van der Waals surface area contributed by atoms with Crippen LogP contribution in [0.25, 0.3) is 0 Å². The number of aromatic nitrogens is 2. The molecule has 0 aliphatic heterocycles. The molecule has 2 rings (SSSR count). The Bertz CT molecular complexity index is 606. The normalized spacial score (nSPS) is 10.5. The molecule has 0 aromatic carbocycles. The largest absolute Gasteiger partial charge is 0.361 e. The van der Waals surface area contributed by atoms with E-state index in [2.05, 4.69) is 15.5 Å². The SMILES string of the molecule is Cc1noc(C)c1CNC(=O)c1cnc(Cl)c(Cl)c1. The number of carbonyl (C=O) groups is 1. The summed E-state index contributed by atoms with van der Waals surface area (Å²) in [7, 11) is 0. The first-order valence-electron chi connectivity index (χ1n) is 5.50. The van der Waals surface area contributed by atoms with Gasteiger partial charge in [0.1, 0.15) is 10.9 Å². The Morgan fingerprint density at radius 1 is 1.42 bits per heavy atom. The lowest BCUT2D eigenvalue weighted by Gasteiger charge is -2.05. The van der Waals surface area contributed by atoms with E-state index in [1.54, 1.807) is 6.92 Å². The molecule has 100 valence electrons. The van der Waals surface area contributed by atoms with E-state index in [0.717, 1.165) is 11.3 Å². The van der Waals surface area contributed by atoms with Crippen LogP contribution < -0.4 is 5.32 Å². The minimum absolute atomic E-state index is 0.170. The molecule has 2 aromatic rings. The van der Waals surface area contributed by atoms with Crippen LogP contribution in [-0.2, 0) is 6.54 Å². The zero-order valence-electron chi connectivity index (χ0n) is 10.3. The summed E-state index contributed by atoms with van der Waals surface area (Å²) in [4.78, 5) is 15.7. The zero-order chi connectivity index (χ0) is 14.0. The molecule has 7 heteroatoms. The number of hydrogen-bond donors (Lipinski definition) is 1. The van der Waals surface area contributed by atoms with Crippen molar-refractivity contribution in [2.75, 3.05) is 0 Å². The van der Waals surface area contributed by atoms with Crippen molar-refractivity contribution < 1.29 is 9.32 Å². The molecule has 19 heavy (non-hydrogen) atoms. The Morgan fingerprint density at radius 3 is 2.74 bits per heavy atom. The minimum atomic E-state index is -0.286. The number of hydrogen-bond acceptors (Lipinski definition) is 4. The maximum absolute atomic E-state index is 11.9. The maximum atomic E-state index is 11.9. The van der Waals surface area contributed by atoms with Gasteiger partial charge in [-0.05, 0) is 19.9 Å². The quantitative estimate of drug-likeness (QED) is 0.885. The molecule has 0 aliphatic rings. The molecule has 1 N–H and O–H groups in total. The summed E-state index contributed by atoms with van der Waals surface area (Å²) in [6.07, 6.45) is 1.37. The van der Waals surface area contributed by atoms with Gasteiger partial charge < -0.3 is 9.84 Å². The van der Waals surface area contributed by atoms with Gasteiger partial charge >= 0.3 is 0 Å². The predicted molar refractivity (Wildman–Crippen MR) is 71.4 cm³/mol. The fourth-order valence-corrected chi connectivity index (χ4v) is 1.84. The number of rotatable bonds is 3. The number of amides is 1. The average molecular weight is 300 g/mol. The van der Waals surface area contributed by atoms with Crippen LogP contribution in [0.2, 0.25) is 10.2 Å². The Balaban J connectivity index is 2.07. The van der Waals surface area contributed by atoms with Gasteiger partial charge in [-0.15, -0.1) is 0 Å². The van der Waals surface area contributed by atoms with Crippen molar-refractivity contribution in [2.45, 2.75) is 20.4 Å². The first-order valence-corrected chi connectivity index (χ1v) is 6.25. The molecule has 0 saturated carbocycles. The Morgan fingerprint density at radius 2 is 2.16 bits per heavy atom. The molecule has 0 spiro atoms. The number of nitrogens with one attached hydrogen (secondary N) is 1. The number of carbonyl (C=O) groups excluding carboxylic acids is 1. The molecule has 0 aliphatic carbocycles. The second-order valence-corrected chi connectivity index (χ2v) is 4.75. The summed E-state index contributed by atoms with van der Waals surface area (Å²) < 4.78 is 5.02.